The molecule has 0 aromatic heterocycles. The van der Waals surface area contributed by atoms with E-state index in [9.17, 15) is 43.2 Å². The van der Waals surface area contributed by atoms with Gasteiger partial charge in [0.05, 0.1) is 26.4 Å². The topological polar surface area (TPSA) is 237 Å². The molecule has 90 heavy (non-hydrogen) atoms. The van der Waals surface area contributed by atoms with Gasteiger partial charge in [0.2, 0.25) is 0 Å². The van der Waals surface area contributed by atoms with Gasteiger partial charge >= 0.3 is 39.5 Å². The lowest BCUT2D eigenvalue weighted by Crippen LogP contribution is -2.30. The van der Waals surface area contributed by atoms with Crippen LogP contribution in [0.25, 0.3) is 0 Å². The van der Waals surface area contributed by atoms with E-state index in [1.807, 2.05) is 0 Å². The molecule has 534 valence electrons. The van der Waals surface area contributed by atoms with Gasteiger partial charge < -0.3 is 33.8 Å². The molecule has 4 unspecified atom stereocenters. The molecule has 3 N–H and O–H groups in total. The van der Waals surface area contributed by atoms with E-state index in [2.05, 4.69) is 55.4 Å². The van der Waals surface area contributed by atoms with Crippen molar-refractivity contribution >= 4 is 39.5 Å². The predicted octanol–water partition coefficient (Wildman–Crippen LogP) is 20.1. The molecule has 0 heterocycles. The zero-order valence-corrected chi connectivity index (χ0v) is 60.6. The molecule has 0 aliphatic carbocycles. The predicted molar refractivity (Wildman–Crippen MR) is 363 cm³/mol. The smallest absolute Gasteiger partial charge is 0.462 e. The highest BCUT2D eigenvalue weighted by molar-refractivity contribution is 7.47. The van der Waals surface area contributed by atoms with Crippen LogP contribution >= 0.6 is 15.6 Å². The molecule has 0 aliphatic rings. The Balaban J connectivity index is 5.24. The zero-order valence-electron chi connectivity index (χ0n) is 58.8. The third kappa shape index (κ3) is 62.2. The van der Waals surface area contributed by atoms with E-state index in [1.54, 1.807) is 0 Å². The van der Waals surface area contributed by atoms with Crippen molar-refractivity contribution in [3.8, 4) is 0 Å². The van der Waals surface area contributed by atoms with Crippen LogP contribution in [0.4, 0.5) is 0 Å². The summed E-state index contributed by atoms with van der Waals surface area (Å²) in [6, 6.07) is 0. The normalized spacial score (nSPS) is 14.9. The highest BCUT2D eigenvalue weighted by atomic mass is 31.2. The van der Waals surface area contributed by atoms with Gasteiger partial charge in [0.15, 0.2) is 12.2 Å². The molecule has 0 saturated heterocycles. The Labute approximate surface area is 549 Å². The SMILES string of the molecule is CCC(C)CCCCCCCCC(=O)OC[C@H](COP(=O)(O)OC[C@H](O)COP(=O)(O)OC[C@@H](COC(=O)CCCCCCCCC(C)CC)OC(=O)CCCCCCCCCCCCC(C)C)OC(=O)CCCCCCCCCCCCCCCCC(C)C. The summed E-state index contributed by atoms with van der Waals surface area (Å²) >= 11 is 0. The zero-order chi connectivity index (χ0) is 66.8. The maximum Gasteiger partial charge on any atom is 0.472 e. The fourth-order valence-corrected chi connectivity index (χ4v) is 12.2. The number of carbonyl (C=O) groups excluding carboxylic acids is 4. The summed E-state index contributed by atoms with van der Waals surface area (Å²) in [4.78, 5) is 72.6. The minimum absolute atomic E-state index is 0.104. The number of rotatable bonds is 68. The number of phosphoric acid groups is 2. The Morgan fingerprint density at radius 3 is 0.789 bits per heavy atom. The first kappa shape index (κ1) is 88.1. The molecular formula is C71H138O17P2. The molecular weight excluding hydrogens is 1190 g/mol. The molecule has 0 spiro atoms. The third-order valence-electron chi connectivity index (χ3n) is 17.0. The molecule has 17 nitrogen and oxygen atoms in total. The second-order valence-corrected chi connectivity index (χ2v) is 30.0. The third-order valence-corrected chi connectivity index (χ3v) is 18.9. The highest BCUT2D eigenvalue weighted by Gasteiger charge is 2.30. The van der Waals surface area contributed by atoms with Crippen LogP contribution < -0.4 is 0 Å². The summed E-state index contributed by atoms with van der Waals surface area (Å²) in [6.07, 6.45) is 43.1. The van der Waals surface area contributed by atoms with Gasteiger partial charge in [-0.05, 0) is 49.4 Å². The number of aliphatic hydroxyl groups excluding tert-OH is 1. The quantitative estimate of drug-likeness (QED) is 0.0222. The molecule has 0 aromatic carbocycles. The molecule has 0 fully saturated rings. The Morgan fingerprint density at radius 2 is 0.533 bits per heavy atom. The van der Waals surface area contributed by atoms with E-state index in [1.165, 1.54) is 141 Å². The number of hydrogen-bond donors (Lipinski definition) is 3. The maximum atomic E-state index is 13.0. The van der Waals surface area contributed by atoms with E-state index in [-0.39, 0.29) is 25.7 Å². The van der Waals surface area contributed by atoms with Crippen LogP contribution in [0.5, 0.6) is 0 Å². The first-order valence-corrected chi connectivity index (χ1v) is 39.8. The molecule has 0 amide bonds. The van der Waals surface area contributed by atoms with Crippen molar-refractivity contribution in [3.63, 3.8) is 0 Å². The number of carbonyl (C=O) groups is 4. The van der Waals surface area contributed by atoms with Gasteiger partial charge in [-0.1, -0.05) is 299 Å². The van der Waals surface area contributed by atoms with Gasteiger partial charge in [0.25, 0.3) is 0 Å². The standard InChI is InChI=1S/C71H138O17P2/c1-9-63(7)49-41-33-27-29-35-43-51-68(73)81-57-66(87-70(75)53-45-37-25-21-16-14-12-11-13-15-19-23-31-39-47-61(3)4)59-85-89(77,78)83-55-65(72)56-84-90(79,80)86-60-67(58-82-69(74)52-44-36-30-28-34-42-50-64(8)10-2)88-71(76)54-46-38-26-22-18-17-20-24-32-40-48-62(5)6/h61-67,72H,9-60H2,1-8H3,(H,77,78)(H,79,80)/t63?,64?,65-,66+,67+/m0/s1. The number of aliphatic hydroxyl groups is 1. The first-order valence-electron chi connectivity index (χ1n) is 36.8. The van der Waals surface area contributed by atoms with Crippen LogP contribution in [0.3, 0.4) is 0 Å². The second-order valence-electron chi connectivity index (χ2n) is 27.1. The maximum absolute atomic E-state index is 13.0. The molecule has 0 rings (SSSR count). The Hall–Kier alpha value is -1.94. The van der Waals surface area contributed by atoms with Gasteiger partial charge in [0.1, 0.15) is 19.3 Å². The van der Waals surface area contributed by atoms with Crippen molar-refractivity contribution < 1.29 is 80.2 Å². The summed E-state index contributed by atoms with van der Waals surface area (Å²) in [5.41, 5.74) is 0. The highest BCUT2D eigenvalue weighted by Crippen LogP contribution is 2.45. The Bertz CT molecular complexity index is 1790. The van der Waals surface area contributed by atoms with Crippen molar-refractivity contribution in [2.45, 2.75) is 369 Å². The lowest BCUT2D eigenvalue weighted by atomic mass is 10.00. The fraction of sp³-hybridized carbons (Fsp3) is 0.944. The Morgan fingerprint density at radius 1 is 0.311 bits per heavy atom. The van der Waals surface area contributed by atoms with E-state index >= 15 is 0 Å². The van der Waals surface area contributed by atoms with Crippen molar-refractivity contribution in [2.24, 2.45) is 23.7 Å². The average molecular weight is 1330 g/mol. The summed E-state index contributed by atoms with van der Waals surface area (Å²) in [6.45, 7) is 14.1. The van der Waals surface area contributed by atoms with E-state index in [0.717, 1.165) is 126 Å². The van der Waals surface area contributed by atoms with E-state index in [4.69, 9.17) is 37.0 Å². The molecule has 0 aromatic rings. The van der Waals surface area contributed by atoms with Gasteiger partial charge in [-0.15, -0.1) is 0 Å². The minimum Gasteiger partial charge on any atom is -0.462 e. The minimum atomic E-state index is -4.95. The summed E-state index contributed by atoms with van der Waals surface area (Å²) < 4.78 is 68.3. The summed E-state index contributed by atoms with van der Waals surface area (Å²) in [7, 11) is -9.90. The van der Waals surface area contributed by atoms with Gasteiger partial charge in [-0.2, -0.15) is 0 Å². The Kier molecular flexibility index (Phi) is 59.4. The van der Waals surface area contributed by atoms with Crippen LogP contribution in [0.15, 0.2) is 0 Å². The molecule has 7 atom stereocenters. The van der Waals surface area contributed by atoms with Crippen LogP contribution in [0.2, 0.25) is 0 Å². The number of hydrogen-bond acceptors (Lipinski definition) is 15. The van der Waals surface area contributed by atoms with Gasteiger partial charge in [0, 0.05) is 25.7 Å². The lowest BCUT2D eigenvalue weighted by molar-refractivity contribution is -0.161. The lowest BCUT2D eigenvalue weighted by Gasteiger charge is -2.21. The molecule has 0 radical (unpaired) electrons. The van der Waals surface area contributed by atoms with Crippen molar-refractivity contribution in [3.05, 3.63) is 0 Å². The molecule has 0 aliphatic heterocycles. The van der Waals surface area contributed by atoms with Crippen LogP contribution in [0, 0.1) is 23.7 Å². The van der Waals surface area contributed by atoms with Crippen LogP contribution in [-0.4, -0.2) is 96.7 Å². The molecule has 0 bridgehead atoms. The van der Waals surface area contributed by atoms with Gasteiger partial charge in [-0.25, -0.2) is 9.13 Å². The number of ether oxygens (including phenoxy) is 4. The van der Waals surface area contributed by atoms with Crippen molar-refractivity contribution in [1.82, 2.24) is 0 Å². The van der Waals surface area contributed by atoms with E-state index in [0.29, 0.717) is 25.7 Å². The number of unbranched alkanes of at least 4 members (excludes halogenated alkanes) is 32. The second kappa shape index (κ2) is 60.7. The van der Waals surface area contributed by atoms with Gasteiger partial charge in [-0.3, -0.25) is 37.3 Å². The number of phosphoric ester groups is 2. The molecule has 19 heteroatoms. The first-order chi connectivity index (χ1) is 43.2. The van der Waals surface area contributed by atoms with Crippen LogP contribution in [-0.2, 0) is 65.4 Å². The largest absolute Gasteiger partial charge is 0.472 e. The summed E-state index contributed by atoms with van der Waals surface area (Å²) in [5, 5.41) is 10.6. The molecule has 0 saturated carbocycles. The van der Waals surface area contributed by atoms with E-state index < -0.39 is 97.5 Å². The average Bonchev–Trinajstić information content (AvgIpc) is 2.48. The monoisotopic (exact) mass is 1320 g/mol. The van der Waals surface area contributed by atoms with Crippen LogP contribution in [0.1, 0.15) is 351 Å². The van der Waals surface area contributed by atoms with Crippen molar-refractivity contribution in [1.29, 1.82) is 0 Å². The fourth-order valence-electron chi connectivity index (χ4n) is 10.6. The summed E-state index contributed by atoms with van der Waals surface area (Å²) in [5.74, 6) is 0.879. The number of esters is 4. The van der Waals surface area contributed by atoms with Crippen molar-refractivity contribution in [2.75, 3.05) is 39.6 Å².